The Hall–Kier alpha value is -1.89. The van der Waals surface area contributed by atoms with Gasteiger partial charge in [-0.15, -0.1) is 0 Å². The van der Waals surface area contributed by atoms with E-state index >= 15 is 0 Å². The number of aryl methyl sites for hydroxylation is 2. The summed E-state index contributed by atoms with van der Waals surface area (Å²) < 4.78 is 5.17. The molecule has 0 radical (unpaired) electrons. The van der Waals surface area contributed by atoms with E-state index in [0.29, 0.717) is 31.2 Å². The second-order valence-corrected chi connectivity index (χ2v) is 7.80. The molecule has 0 aliphatic carbocycles. The normalized spacial score (nSPS) is 24.8. The average molecular weight is 362 g/mol. The zero-order chi connectivity index (χ0) is 18.8. The minimum absolute atomic E-state index is 0.0570. The van der Waals surface area contributed by atoms with Crippen LogP contribution in [0.25, 0.3) is 0 Å². The molecular weight excluding hydrogens is 332 g/mol. The third-order valence-electron chi connectivity index (χ3n) is 6.18. The van der Waals surface area contributed by atoms with Gasteiger partial charge < -0.3 is 19.6 Å². The smallest absolute Gasteiger partial charge is 0.227 e. The Morgan fingerprint density at radius 1 is 1.23 bits per heavy atom. The highest BCUT2D eigenvalue weighted by Crippen LogP contribution is 2.36. The van der Waals surface area contributed by atoms with Crippen molar-refractivity contribution in [2.24, 2.45) is 17.8 Å². The lowest BCUT2D eigenvalue weighted by Gasteiger charge is -2.34. The van der Waals surface area contributed by atoms with Gasteiger partial charge in [0.15, 0.2) is 0 Å². The number of amides is 2. The van der Waals surface area contributed by atoms with E-state index in [2.05, 4.69) is 22.4 Å². The predicted octanol–water partition coefficient (Wildman–Crippen LogP) is 0.996. The fourth-order valence-corrected chi connectivity index (χ4v) is 4.45. The summed E-state index contributed by atoms with van der Waals surface area (Å²) in [7, 11) is 3.82. The summed E-state index contributed by atoms with van der Waals surface area (Å²) in [5.74, 6) is 1.46. The van der Waals surface area contributed by atoms with Crippen molar-refractivity contribution in [2.75, 3.05) is 40.3 Å². The zero-order valence-electron chi connectivity index (χ0n) is 16.2. The molecule has 2 atom stereocenters. The van der Waals surface area contributed by atoms with Gasteiger partial charge in [0.1, 0.15) is 5.76 Å². The number of carbonyl (C=O) groups is 2. The Kier molecular flexibility index (Phi) is 5.65. The molecule has 3 heterocycles. The highest BCUT2D eigenvalue weighted by atomic mass is 16.5. The molecule has 2 fully saturated rings. The molecule has 2 aliphatic heterocycles. The minimum Gasteiger partial charge on any atom is -0.361 e. The van der Waals surface area contributed by atoms with Crippen molar-refractivity contribution in [1.82, 2.24) is 20.3 Å². The molecule has 0 spiro atoms. The van der Waals surface area contributed by atoms with Crippen LogP contribution in [0.1, 0.15) is 29.9 Å². The summed E-state index contributed by atoms with van der Waals surface area (Å²) in [6, 6.07) is 0. The standard InChI is InChI=1S/C19H30N4O3/c1-12-15(13(2)26-21-12)9-18(24)23-10-16(17(11-23)19(25)20-3)14-5-7-22(4)8-6-14/h14,16-17H,5-11H2,1-4H3,(H,20,25)/t16-,17+/m0/s1. The lowest BCUT2D eigenvalue weighted by molar-refractivity contribution is -0.130. The van der Waals surface area contributed by atoms with Crippen LogP contribution in [0.15, 0.2) is 4.52 Å². The van der Waals surface area contributed by atoms with Crippen LogP contribution in [-0.4, -0.2) is 67.0 Å². The van der Waals surface area contributed by atoms with Gasteiger partial charge in [0.05, 0.1) is 18.0 Å². The zero-order valence-corrected chi connectivity index (χ0v) is 16.2. The van der Waals surface area contributed by atoms with Crippen molar-refractivity contribution >= 4 is 11.8 Å². The van der Waals surface area contributed by atoms with Crippen LogP contribution in [0.3, 0.4) is 0 Å². The molecule has 0 aromatic carbocycles. The lowest BCUT2D eigenvalue weighted by atomic mass is 9.78. The van der Waals surface area contributed by atoms with Gasteiger partial charge in [0.2, 0.25) is 11.8 Å². The van der Waals surface area contributed by atoms with Crippen LogP contribution in [0.5, 0.6) is 0 Å². The largest absolute Gasteiger partial charge is 0.361 e. The van der Waals surface area contributed by atoms with E-state index in [9.17, 15) is 9.59 Å². The van der Waals surface area contributed by atoms with Crippen LogP contribution in [0, 0.1) is 31.6 Å². The molecule has 1 aromatic heterocycles. The van der Waals surface area contributed by atoms with Crippen molar-refractivity contribution in [1.29, 1.82) is 0 Å². The number of likely N-dealkylation sites (tertiary alicyclic amines) is 2. The first-order valence-corrected chi connectivity index (χ1v) is 9.50. The Bertz CT molecular complexity index is 644. The van der Waals surface area contributed by atoms with E-state index in [0.717, 1.165) is 37.2 Å². The molecule has 0 unspecified atom stereocenters. The molecule has 0 bridgehead atoms. The summed E-state index contributed by atoms with van der Waals surface area (Å²) in [6.45, 7) is 7.01. The van der Waals surface area contributed by atoms with E-state index in [1.54, 1.807) is 7.05 Å². The first kappa shape index (κ1) is 18.9. The highest BCUT2D eigenvalue weighted by molar-refractivity contribution is 5.83. The van der Waals surface area contributed by atoms with Gasteiger partial charge >= 0.3 is 0 Å². The number of aromatic nitrogens is 1. The van der Waals surface area contributed by atoms with Gasteiger partial charge in [-0.05, 0) is 58.7 Å². The summed E-state index contributed by atoms with van der Waals surface area (Å²) in [5.41, 5.74) is 1.64. The monoisotopic (exact) mass is 362 g/mol. The molecule has 1 aromatic rings. The summed E-state index contributed by atoms with van der Waals surface area (Å²) in [4.78, 5) is 29.5. The van der Waals surface area contributed by atoms with Gasteiger partial charge in [-0.2, -0.15) is 0 Å². The maximum atomic E-state index is 12.9. The number of piperidine rings is 1. The minimum atomic E-state index is -0.109. The first-order valence-electron chi connectivity index (χ1n) is 9.50. The van der Waals surface area contributed by atoms with Crippen molar-refractivity contribution in [2.45, 2.75) is 33.1 Å². The molecule has 7 nitrogen and oxygen atoms in total. The van der Waals surface area contributed by atoms with Crippen LogP contribution in [0.4, 0.5) is 0 Å². The molecule has 7 heteroatoms. The number of carbonyl (C=O) groups excluding carboxylic acids is 2. The van der Waals surface area contributed by atoms with E-state index in [1.807, 2.05) is 18.7 Å². The number of hydrogen-bond donors (Lipinski definition) is 1. The van der Waals surface area contributed by atoms with Crippen LogP contribution in [0.2, 0.25) is 0 Å². The van der Waals surface area contributed by atoms with Crippen molar-refractivity contribution in [3.05, 3.63) is 17.0 Å². The molecule has 2 saturated heterocycles. The van der Waals surface area contributed by atoms with Gasteiger partial charge in [-0.1, -0.05) is 5.16 Å². The van der Waals surface area contributed by atoms with Crippen LogP contribution < -0.4 is 5.32 Å². The Morgan fingerprint density at radius 2 is 1.92 bits per heavy atom. The molecule has 3 rings (SSSR count). The molecular formula is C19H30N4O3. The lowest BCUT2D eigenvalue weighted by Crippen LogP contribution is -2.39. The second-order valence-electron chi connectivity index (χ2n) is 7.80. The third-order valence-corrected chi connectivity index (χ3v) is 6.18. The predicted molar refractivity (Wildman–Crippen MR) is 97.5 cm³/mol. The fraction of sp³-hybridized carbons (Fsp3) is 0.737. The van der Waals surface area contributed by atoms with Crippen molar-refractivity contribution < 1.29 is 14.1 Å². The molecule has 2 aliphatic rings. The quantitative estimate of drug-likeness (QED) is 0.864. The molecule has 144 valence electrons. The van der Waals surface area contributed by atoms with Gasteiger partial charge in [0, 0.05) is 25.7 Å². The van der Waals surface area contributed by atoms with E-state index in [-0.39, 0.29) is 23.7 Å². The number of hydrogen-bond acceptors (Lipinski definition) is 5. The molecule has 1 N–H and O–H groups in total. The summed E-state index contributed by atoms with van der Waals surface area (Å²) >= 11 is 0. The van der Waals surface area contributed by atoms with Crippen LogP contribution >= 0.6 is 0 Å². The van der Waals surface area contributed by atoms with Crippen molar-refractivity contribution in [3.8, 4) is 0 Å². The highest BCUT2D eigenvalue weighted by Gasteiger charge is 2.43. The van der Waals surface area contributed by atoms with Gasteiger partial charge in [0.25, 0.3) is 0 Å². The third kappa shape index (κ3) is 3.77. The van der Waals surface area contributed by atoms with Gasteiger partial charge in [-0.3, -0.25) is 9.59 Å². The molecule has 26 heavy (non-hydrogen) atoms. The number of nitrogens with one attached hydrogen (secondary N) is 1. The topological polar surface area (TPSA) is 78.7 Å². The molecule has 0 saturated carbocycles. The van der Waals surface area contributed by atoms with Crippen LogP contribution in [-0.2, 0) is 16.0 Å². The number of rotatable bonds is 4. The van der Waals surface area contributed by atoms with E-state index in [4.69, 9.17) is 4.52 Å². The maximum Gasteiger partial charge on any atom is 0.227 e. The summed E-state index contributed by atoms with van der Waals surface area (Å²) in [6.07, 6.45) is 2.49. The van der Waals surface area contributed by atoms with Crippen molar-refractivity contribution in [3.63, 3.8) is 0 Å². The number of nitrogens with zero attached hydrogens (tertiary/aromatic N) is 3. The Morgan fingerprint density at radius 3 is 2.50 bits per heavy atom. The molecule has 2 amide bonds. The SMILES string of the molecule is CNC(=O)[C@@H]1CN(C(=O)Cc2c(C)noc2C)C[C@H]1C1CCN(C)CC1. The summed E-state index contributed by atoms with van der Waals surface area (Å²) in [5, 5.41) is 6.73. The second kappa shape index (κ2) is 7.78. The van der Waals surface area contributed by atoms with E-state index < -0.39 is 0 Å². The average Bonchev–Trinajstić information content (AvgIpc) is 3.21. The maximum absolute atomic E-state index is 12.9. The van der Waals surface area contributed by atoms with E-state index in [1.165, 1.54) is 0 Å². The van der Waals surface area contributed by atoms with Gasteiger partial charge in [-0.25, -0.2) is 0 Å². The fourth-order valence-electron chi connectivity index (χ4n) is 4.45. The first-order chi connectivity index (χ1) is 12.4. The Labute approximate surface area is 155 Å². The Balaban J connectivity index is 1.71.